The van der Waals surface area contributed by atoms with Gasteiger partial charge in [0.05, 0.1) is 11.0 Å². The molecule has 0 saturated heterocycles. The third-order valence-electron chi connectivity index (χ3n) is 3.81. The predicted molar refractivity (Wildman–Crippen MR) is 80.2 cm³/mol. The van der Waals surface area contributed by atoms with Crippen molar-refractivity contribution >= 4 is 11.0 Å². The number of ether oxygens (including phenoxy) is 2. The third-order valence-corrected chi connectivity index (χ3v) is 3.81. The van der Waals surface area contributed by atoms with E-state index in [4.69, 9.17) is 20.2 Å². The zero-order chi connectivity index (χ0) is 14.4. The van der Waals surface area contributed by atoms with E-state index < -0.39 is 0 Å². The first kappa shape index (κ1) is 12.2. The molecule has 21 heavy (non-hydrogen) atoms. The standard InChI is InChI=1S/C16H15N3O2/c1-19-13-6-10(8-17)2-4-12(13)18-16(19)11-3-5-14-15(7-11)21-9-20-14/h2-7H,8-9,17H2,1H3. The summed E-state index contributed by atoms with van der Waals surface area (Å²) in [4.78, 5) is 4.71. The summed E-state index contributed by atoms with van der Waals surface area (Å²) in [6.45, 7) is 0.807. The number of nitrogens with zero attached hydrogens (tertiary/aromatic N) is 2. The van der Waals surface area contributed by atoms with Crippen LogP contribution in [-0.4, -0.2) is 16.3 Å². The number of aromatic nitrogens is 2. The highest BCUT2D eigenvalue weighted by atomic mass is 16.7. The zero-order valence-corrected chi connectivity index (χ0v) is 11.7. The second kappa shape index (κ2) is 4.49. The van der Waals surface area contributed by atoms with Crippen LogP contribution in [0.5, 0.6) is 11.5 Å². The molecule has 0 amide bonds. The Morgan fingerprint density at radius 3 is 2.86 bits per heavy atom. The molecule has 5 nitrogen and oxygen atoms in total. The van der Waals surface area contributed by atoms with Crippen LogP contribution < -0.4 is 15.2 Å². The Morgan fingerprint density at radius 2 is 2.00 bits per heavy atom. The largest absolute Gasteiger partial charge is 0.454 e. The molecule has 0 aliphatic carbocycles. The Balaban J connectivity index is 1.88. The molecule has 4 rings (SSSR count). The first-order chi connectivity index (χ1) is 10.3. The van der Waals surface area contributed by atoms with E-state index in [2.05, 4.69) is 10.6 Å². The van der Waals surface area contributed by atoms with Crippen LogP contribution in [0.4, 0.5) is 0 Å². The highest BCUT2D eigenvalue weighted by Gasteiger charge is 2.16. The number of benzene rings is 2. The number of rotatable bonds is 2. The SMILES string of the molecule is Cn1c(-c2ccc3c(c2)OCO3)nc2ccc(CN)cc21. The fourth-order valence-electron chi connectivity index (χ4n) is 2.66. The molecular formula is C16H15N3O2. The van der Waals surface area contributed by atoms with E-state index in [0.29, 0.717) is 6.54 Å². The number of hydrogen-bond donors (Lipinski definition) is 1. The van der Waals surface area contributed by atoms with Crippen LogP contribution in [0, 0.1) is 0 Å². The Labute approximate surface area is 121 Å². The summed E-state index contributed by atoms with van der Waals surface area (Å²) >= 11 is 0. The van der Waals surface area contributed by atoms with Gasteiger partial charge in [-0.05, 0) is 35.9 Å². The van der Waals surface area contributed by atoms with E-state index in [1.807, 2.05) is 37.4 Å². The van der Waals surface area contributed by atoms with Crippen LogP contribution >= 0.6 is 0 Å². The summed E-state index contributed by atoms with van der Waals surface area (Å²) in [6.07, 6.45) is 0. The fourth-order valence-corrected chi connectivity index (χ4v) is 2.66. The summed E-state index contributed by atoms with van der Waals surface area (Å²) in [6, 6.07) is 12.0. The molecule has 1 aliphatic heterocycles. The third kappa shape index (κ3) is 1.86. The number of nitrogens with two attached hydrogens (primary N) is 1. The first-order valence-electron chi connectivity index (χ1n) is 6.82. The average Bonchev–Trinajstić information content (AvgIpc) is 3.11. The molecular weight excluding hydrogens is 266 g/mol. The summed E-state index contributed by atoms with van der Waals surface area (Å²) in [5.41, 5.74) is 9.85. The molecule has 2 aromatic carbocycles. The molecule has 5 heteroatoms. The smallest absolute Gasteiger partial charge is 0.231 e. The molecule has 0 radical (unpaired) electrons. The average molecular weight is 281 g/mol. The van der Waals surface area contributed by atoms with Gasteiger partial charge >= 0.3 is 0 Å². The summed E-state index contributed by atoms with van der Waals surface area (Å²) in [5.74, 6) is 2.45. The Bertz CT molecular complexity index is 839. The van der Waals surface area contributed by atoms with Gasteiger partial charge in [0.1, 0.15) is 5.82 Å². The van der Waals surface area contributed by atoms with E-state index in [1.165, 1.54) is 0 Å². The first-order valence-corrected chi connectivity index (χ1v) is 6.82. The Kier molecular flexibility index (Phi) is 2.62. The van der Waals surface area contributed by atoms with Gasteiger partial charge in [-0.2, -0.15) is 0 Å². The van der Waals surface area contributed by atoms with E-state index in [9.17, 15) is 0 Å². The van der Waals surface area contributed by atoms with Crippen molar-refractivity contribution in [3.63, 3.8) is 0 Å². The van der Waals surface area contributed by atoms with Crippen LogP contribution in [0.25, 0.3) is 22.4 Å². The molecule has 1 aliphatic rings. The molecule has 2 heterocycles. The molecule has 0 atom stereocenters. The molecule has 0 bridgehead atoms. The van der Waals surface area contributed by atoms with Crippen molar-refractivity contribution in [2.24, 2.45) is 12.8 Å². The lowest BCUT2D eigenvalue weighted by atomic mass is 10.2. The van der Waals surface area contributed by atoms with Crippen molar-refractivity contribution in [1.29, 1.82) is 0 Å². The van der Waals surface area contributed by atoms with Crippen molar-refractivity contribution < 1.29 is 9.47 Å². The quantitative estimate of drug-likeness (QED) is 0.783. The van der Waals surface area contributed by atoms with Crippen molar-refractivity contribution in [1.82, 2.24) is 9.55 Å². The lowest BCUT2D eigenvalue weighted by Gasteiger charge is -2.04. The van der Waals surface area contributed by atoms with Gasteiger partial charge in [-0.15, -0.1) is 0 Å². The Hall–Kier alpha value is -2.53. The molecule has 1 aromatic heterocycles. The van der Waals surface area contributed by atoms with Gasteiger partial charge in [0, 0.05) is 19.2 Å². The normalized spacial score (nSPS) is 13.0. The zero-order valence-electron chi connectivity index (χ0n) is 11.7. The maximum absolute atomic E-state index is 5.71. The molecule has 0 fully saturated rings. The van der Waals surface area contributed by atoms with Gasteiger partial charge in [-0.1, -0.05) is 6.07 Å². The Morgan fingerprint density at radius 1 is 1.14 bits per heavy atom. The minimum Gasteiger partial charge on any atom is -0.454 e. The van der Waals surface area contributed by atoms with Gasteiger partial charge in [0.25, 0.3) is 0 Å². The van der Waals surface area contributed by atoms with E-state index in [-0.39, 0.29) is 6.79 Å². The van der Waals surface area contributed by atoms with E-state index in [0.717, 1.165) is 39.5 Å². The topological polar surface area (TPSA) is 62.3 Å². The van der Waals surface area contributed by atoms with Gasteiger partial charge in [0.2, 0.25) is 6.79 Å². The van der Waals surface area contributed by atoms with Gasteiger partial charge < -0.3 is 19.8 Å². The van der Waals surface area contributed by atoms with Crippen LogP contribution in [0.1, 0.15) is 5.56 Å². The number of hydrogen-bond acceptors (Lipinski definition) is 4. The van der Waals surface area contributed by atoms with Gasteiger partial charge in [0.15, 0.2) is 11.5 Å². The minimum absolute atomic E-state index is 0.279. The van der Waals surface area contributed by atoms with Crippen LogP contribution in [-0.2, 0) is 13.6 Å². The number of fused-ring (bicyclic) bond motifs is 2. The molecule has 2 N–H and O–H groups in total. The van der Waals surface area contributed by atoms with Crippen molar-refractivity contribution in [2.75, 3.05) is 6.79 Å². The molecule has 106 valence electrons. The maximum atomic E-state index is 5.71. The molecule has 3 aromatic rings. The lowest BCUT2D eigenvalue weighted by Crippen LogP contribution is -1.97. The predicted octanol–water partition coefficient (Wildman–Crippen LogP) is 2.43. The van der Waals surface area contributed by atoms with Crippen molar-refractivity contribution in [2.45, 2.75) is 6.54 Å². The van der Waals surface area contributed by atoms with Crippen molar-refractivity contribution in [3.8, 4) is 22.9 Å². The maximum Gasteiger partial charge on any atom is 0.231 e. The second-order valence-electron chi connectivity index (χ2n) is 5.09. The molecule has 0 saturated carbocycles. The fraction of sp³-hybridized carbons (Fsp3) is 0.188. The lowest BCUT2D eigenvalue weighted by molar-refractivity contribution is 0.174. The van der Waals surface area contributed by atoms with Gasteiger partial charge in [-0.25, -0.2) is 4.98 Å². The van der Waals surface area contributed by atoms with Crippen LogP contribution in [0.2, 0.25) is 0 Å². The van der Waals surface area contributed by atoms with E-state index >= 15 is 0 Å². The monoisotopic (exact) mass is 281 g/mol. The molecule has 0 unspecified atom stereocenters. The highest BCUT2D eigenvalue weighted by molar-refractivity contribution is 5.81. The molecule has 0 spiro atoms. The minimum atomic E-state index is 0.279. The van der Waals surface area contributed by atoms with Crippen molar-refractivity contribution in [3.05, 3.63) is 42.0 Å². The van der Waals surface area contributed by atoms with Crippen LogP contribution in [0.3, 0.4) is 0 Å². The highest BCUT2D eigenvalue weighted by Crippen LogP contribution is 2.36. The second-order valence-corrected chi connectivity index (χ2v) is 5.09. The summed E-state index contributed by atoms with van der Waals surface area (Å²) in [5, 5.41) is 0. The van der Waals surface area contributed by atoms with Gasteiger partial charge in [-0.3, -0.25) is 0 Å². The van der Waals surface area contributed by atoms with Crippen LogP contribution in [0.15, 0.2) is 36.4 Å². The number of aryl methyl sites for hydroxylation is 1. The summed E-state index contributed by atoms with van der Waals surface area (Å²) < 4.78 is 12.9. The number of imidazole rings is 1. The summed E-state index contributed by atoms with van der Waals surface area (Å²) in [7, 11) is 2.01. The van der Waals surface area contributed by atoms with E-state index in [1.54, 1.807) is 0 Å².